The summed E-state index contributed by atoms with van der Waals surface area (Å²) in [6, 6.07) is 1.74. The van der Waals surface area contributed by atoms with E-state index in [2.05, 4.69) is 9.97 Å². The zero-order valence-corrected chi connectivity index (χ0v) is 10.7. The molecule has 3 N–H and O–H groups in total. The molecule has 2 aromatic rings. The Bertz CT molecular complexity index is 670. The quantitative estimate of drug-likeness (QED) is 0.796. The number of hydrogen-bond donors (Lipinski definition) is 2. The zero-order chi connectivity index (χ0) is 14.0. The number of rotatable bonds is 3. The summed E-state index contributed by atoms with van der Waals surface area (Å²) >= 11 is 0. The lowest BCUT2D eigenvalue weighted by atomic mass is 10.1. The number of aromatic nitrogens is 2. The van der Waals surface area contributed by atoms with E-state index in [1.54, 1.807) is 32.4 Å². The Kier molecular flexibility index (Phi) is 3.33. The van der Waals surface area contributed by atoms with Crippen molar-refractivity contribution < 1.29 is 9.59 Å². The first-order valence-corrected chi connectivity index (χ1v) is 5.65. The van der Waals surface area contributed by atoms with Crippen molar-refractivity contribution in [2.45, 2.75) is 0 Å². The molecule has 0 atom stereocenters. The summed E-state index contributed by atoms with van der Waals surface area (Å²) in [5, 5.41) is 0.769. The van der Waals surface area contributed by atoms with Gasteiger partial charge >= 0.3 is 0 Å². The summed E-state index contributed by atoms with van der Waals surface area (Å²) in [6.45, 7) is 0. The van der Waals surface area contributed by atoms with Crippen LogP contribution in [-0.2, 0) is 4.79 Å². The number of nitrogens with one attached hydrogen (secondary N) is 1. The van der Waals surface area contributed by atoms with Crippen molar-refractivity contribution in [1.82, 2.24) is 14.9 Å². The van der Waals surface area contributed by atoms with Crippen molar-refractivity contribution >= 4 is 28.9 Å². The van der Waals surface area contributed by atoms with Crippen LogP contribution >= 0.6 is 0 Å². The Labute approximate surface area is 109 Å². The maximum atomic E-state index is 11.9. The van der Waals surface area contributed by atoms with Crippen LogP contribution in [0.15, 0.2) is 24.5 Å². The summed E-state index contributed by atoms with van der Waals surface area (Å²) in [5.74, 6) is -0.650. The van der Waals surface area contributed by atoms with E-state index >= 15 is 0 Å². The molecule has 2 heterocycles. The van der Waals surface area contributed by atoms with E-state index in [4.69, 9.17) is 5.73 Å². The summed E-state index contributed by atoms with van der Waals surface area (Å²) < 4.78 is 0. The lowest BCUT2D eigenvalue weighted by Crippen LogP contribution is -2.21. The Balaban J connectivity index is 2.48. The Morgan fingerprint density at radius 3 is 2.79 bits per heavy atom. The van der Waals surface area contributed by atoms with E-state index in [-0.39, 0.29) is 5.91 Å². The van der Waals surface area contributed by atoms with Crippen LogP contribution in [0.2, 0.25) is 0 Å². The fourth-order valence-electron chi connectivity index (χ4n) is 1.71. The molecule has 0 fully saturated rings. The minimum atomic E-state index is -0.525. The van der Waals surface area contributed by atoms with Crippen molar-refractivity contribution in [3.63, 3.8) is 0 Å². The maximum Gasteiger partial charge on any atom is 0.254 e. The standard InChI is InChI=1S/C13H14N4O2/c1-17(2)13(19)9-5-10-8(3-4-11(14)18)6-15-12(10)16-7-9/h3-7H,1-2H3,(H2,14,18)(H,15,16)/b4-3+. The zero-order valence-electron chi connectivity index (χ0n) is 10.7. The molecule has 0 saturated heterocycles. The highest BCUT2D eigenvalue weighted by Gasteiger charge is 2.11. The molecule has 2 aromatic heterocycles. The number of aromatic amines is 1. The molecule has 0 aliphatic heterocycles. The predicted molar refractivity (Wildman–Crippen MR) is 72.3 cm³/mol. The summed E-state index contributed by atoms with van der Waals surface area (Å²) in [7, 11) is 3.36. The molecule has 0 aliphatic carbocycles. The smallest absolute Gasteiger partial charge is 0.254 e. The van der Waals surface area contributed by atoms with Gasteiger partial charge in [0.2, 0.25) is 5.91 Å². The molecule has 98 valence electrons. The molecule has 2 rings (SSSR count). The molecule has 6 nitrogen and oxygen atoms in total. The number of fused-ring (bicyclic) bond motifs is 1. The van der Waals surface area contributed by atoms with Gasteiger partial charge < -0.3 is 15.6 Å². The van der Waals surface area contributed by atoms with Crippen molar-refractivity contribution in [3.05, 3.63) is 35.7 Å². The molecule has 0 aliphatic rings. The van der Waals surface area contributed by atoms with Crippen LogP contribution in [0.3, 0.4) is 0 Å². The number of carbonyl (C=O) groups is 2. The van der Waals surface area contributed by atoms with E-state index in [1.807, 2.05) is 0 Å². The number of nitrogens with zero attached hydrogens (tertiary/aromatic N) is 2. The number of pyridine rings is 1. The third kappa shape index (κ3) is 2.62. The molecule has 0 spiro atoms. The SMILES string of the molecule is CN(C)C(=O)c1cnc2[nH]cc(/C=C/C(N)=O)c2c1. The van der Waals surface area contributed by atoms with Crippen LogP contribution in [0.1, 0.15) is 15.9 Å². The van der Waals surface area contributed by atoms with Crippen molar-refractivity contribution in [2.75, 3.05) is 14.1 Å². The summed E-state index contributed by atoms with van der Waals surface area (Å²) in [6.07, 6.45) is 6.08. The first-order chi connectivity index (χ1) is 8.99. The molecule has 2 amide bonds. The molecule has 0 unspecified atom stereocenters. The third-order valence-electron chi connectivity index (χ3n) is 2.64. The van der Waals surface area contributed by atoms with Crippen LogP contribution in [0, 0.1) is 0 Å². The van der Waals surface area contributed by atoms with Gasteiger partial charge in [-0.2, -0.15) is 0 Å². The first kappa shape index (κ1) is 12.8. The fraction of sp³-hybridized carbons (Fsp3) is 0.154. The highest BCUT2D eigenvalue weighted by molar-refractivity contribution is 5.99. The van der Waals surface area contributed by atoms with Gasteiger partial charge in [-0.3, -0.25) is 9.59 Å². The van der Waals surface area contributed by atoms with Gasteiger partial charge in [0.1, 0.15) is 5.65 Å². The van der Waals surface area contributed by atoms with E-state index < -0.39 is 5.91 Å². The second-order valence-electron chi connectivity index (χ2n) is 4.30. The average Bonchev–Trinajstić information content (AvgIpc) is 2.77. The number of amides is 2. The normalized spacial score (nSPS) is 11.1. The first-order valence-electron chi connectivity index (χ1n) is 5.65. The Morgan fingerprint density at radius 1 is 1.42 bits per heavy atom. The van der Waals surface area contributed by atoms with E-state index in [0.29, 0.717) is 11.2 Å². The van der Waals surface area contributed by atoms with E-state index in [1.165, 1.54) is 17.2 Å². The van der Waals surface area contributed by atoms with Gasteiger partial charge in [-0.25, -0.2) is 4.98 Å². The average molecular weight is 258 g/mol. The summed E-state index contributed by atoms with van der Waals surface area (Å²) in [4.78, 5) is 31.2. The number of hydrogen-bond acceptors (Lipinski definition) is 3. The molecular formula is C13H14N4O2. The van der Waals surface area contributed by atoms with Crippen LogP contribution < -0.4 is 5.73 Å². The van der Waals surface area contributed by atoms with Crippen molar-refractivity contribution in [2.24, 2.45) is 5.73 Å². The topological polar surface area (TPSA) is 92.1 Å². The number of nitrogens with two attached hydrogens (primary N) is 1. The maximum absolute atomic E-state index is 11.9. The molecule has 0 bridgehead atoms. The van der Waals surface area contributed by atoms with E-state index in [0.717, 1.165) is 10.9 Å². The van der Waals surface area contributed by atoms with Crippen LogP contribution in [0.25, 0.3) is 17.1 Å². The van der Waals surface area contributed by atoms with Crippen molar-refractivity contribution in [1.29, 1.82) is 0 Å². The lowest BCUT2D eigenvalue weighted by Gasteiger charge is -2.09. The van der Waals surface area contributed by atoms with Gasteiger partial charge in [0.05, 0.1) is 5.56 Å². The van der Waals surface area contributed by atoms with Gasteiger partial charge in [0, 0.05) is 43.5 Å². The monoisotopic (exact) mass is 258 g/mol. The Hall–Kier alpha value is -2.63. The minimum Gasteiger partial charge on any atom is -0.366 e. The number of primary amides is 1. The molecule has 6 heteroatoms. The van der Waals surface area contributed by atoms with Crippen LogP contribution in [0.4, 0.5) is 0 Å². The number of H-pyrrole nitrogens is 1. The largest absolute Gasteiger partial charge is 0.366 e. The lowest BCUT2D eigenvalue weighted by molar-refractivity contribution is -0.113. The third-order valence-corrected chi connectivity index (χ3v) is 2.64. The second-order valence-corrected chi connectivity index (χ2v) is 4.30. The predicted octanol–water partition coefficient (Wildman–Crippen LogP) is 0.763. The van der Waals surface area contributed by atoms with Gasteiger partial charge in [-0.15, -0.1) is 0 Å². The highest BCUT2D eigenvalue weighted by Crippen LogP contribution is 2.19. The minimum absolute atomic E-state index is 0.125. The van der Waals surface area contributed by atoms with Gasteiger partial charge in [-0.05, 0) is 12.1 Å². The molecule has 19 heavy (non-hydrogen) atoms. The van der Waals surface area contributed by atoms with Gasteiger partial charge in [-0.1, -0.05) is 0 Å². The van der Waals surface area contributed by atoms with Gasteiger partial charge in [0.25, 0.3) is 5.91 Å². The van der Waals surface area contributed by atoms with Crippen LogP contribution in [0.5, 0.6) is 0 Å². The van der Waals surface area contributed by atoms with Gasteiger partial charge in [0.15, 0.2) is 0 Å². The highest BCUT2D eigenvalue weighted by atomic mass is 16.2. The molecule has 0 aromatic carbocycles. The Morgan fingerprint density at radius 2 is 2.16 bits per heavy atom. The second kappa shape index (κ2) is 4.93. The van der Waals surface area contributed by atoms with Crippen molar-refractivity contribution in [3.8, 4) is 0 Å². The van der Waals surface area contributed by atoms with E-state index in [9.17, 15) is 9.59 Å². The molecular weight excluding hydrogens is 244 g/mol. The molecule has 0 radical (unpaired) electrons. The number of carbonyl (C=O) groups excluding carboxylic acids is 2. The fourth-order valence-corrected chi connectivity index (χ4v) is 1.71. The molecule has 0 saturated carbocycles. The van der Waals surface area contributed by atoms with Crippen LogP contribution in [-0.4, -0.2) is 40.8 Å². The summed E-state index contributed by atoms with van der Waals surface area (Å²) in [5.41, 5.74) is 6.96.